The van der Waals surface area contributed by atoms with E-state index >= 15 is 0 Å². The van der Waals surface area contributed by atoms with Crippen LogP contribution >= 0.6 is 27.0 Å². The molecular formula is C27H55NO4S2. The molecule has 4 rings (SSSR count). The highest BCUT2D eigenvalue weighted by Crippen LogP contribution is 2.42. The second kappa shape index (κ2) is 14.6. The molecule has 3 saturated carbocycles. The van der Waals surface area contributed by atoms with Gasteiger partial charge in [0.15, 0.2) is 0 Å². The number of carbonyl (C=O) groups excluding carboxylic acids is 1. The Kier molecular flexibility index (Phi) is 14.5. The van der Waals surface area contributed by atoms with Crippen LogP contribution in [0.1, 0.15) is 131 Å². The molecule has 5 nitrogen and oxygen atoms in total. The van der Waals surface area contributed by atoms with E-state index in [0.717, 1.165) is 57.8 Å². The van der Waals surface area contributed by atoms with Crippen molar-refractivity contribution in [2.75, 3.05) is 6.54 Å². The van der Waals surface area contributed by atoms with Crippen LogP contribution in [0.25, 0.3) is 0 Å². The van der Waals surface area contributed by atoms with Crippen LogP contribution in [0.3, 0.4) is 0 Å². The van der Waals surface area contributed by atoms with E-state index in [2.05, 4.69) is 0 Å². The number of aliphatic hydroxyl groups is 2. The van der Waals surface area contributed by atoms with Gasteiger partial charge in [-0.05, 0) is 84.5 Å². The maximum atomic E-state index is 12.3. The van der Waals surface area contributed by atoms with Crippen molar-refractivity contribution in [3.63, 3.8) is 0 Å². The zero-order chi connectivity index (χ0) is 22.5. The lowest BCUT2D eigenvalue weighted by atomic mass is 9.76. The molecule has 0 aromatic rings. The number of rotatable bonds is 2. The Labute approximate surface area is 223 Å². The summed E-state index contributed by atoms with van der Waals surface area (Å²) in [7, 11) is 0. The van der Waals surface area contributed by atoms with Gasteiger partial charge in [-0.1, -0.05) is 52.4 Å². The Balaban J connectivity index is 0.000000635. The van der Waals surface area contributed by atoms with Crippen LogP contribution in [0.4, 0.5) is 4.79 Å². The molecule has 0 unspecified atom stereocenters. The van der Waals surface area contributed by atoms with Gasteiger partial charge in [-0.15, -0.1) is 0 Å². The molecule has 1 saturated heterocycles. The topological polar surface area (TPSA) is 70.0 Å². The minimum atomic E-state index is -0.683. The van der Waals surface area contributed by atoms with Crippen LogP contribution in [0.5, 0.6) is 0 Å². The van der Waals surface area contributed by atoms with Gasteiger partial charge in [0, 0.05) is 6.54 Å². The summed E-state index contributed by atoms with van der Waals surface area (Å²) in [6.45, 7) is 6.36. The third-order valence-electron chi connectivity index (χ3n) is 8.05. The molecule has 1 heterocycles. The molecule has 0 spiro atoms. The Hall–Kier alpha value is -0.110. The Morgan fingerprint density at radius 3 is 1.74 bits per heavy atom. The van der Waals surface area contributed by atoms with E-state index in [1.54, 1.807) is 4.90 Å². The first-order chi connectivity index (χ1) is 14.6. The van der Waals surface area contributed by atoms with E-state index in [1.165, 1.54) is 44.9 Å². The van der Waals surface area contributed by atoms with Crippen LogP contribution in [-0.4, -0.2) is 50.6 Å². The summed E-state index contributed by atoms with van der Waals surface area (Å²) in [6.07, 6.45) is 17.8. The summed E-state index contributed by atoms with van der Waals surface area (Å²) >= 11 is 0. The van der Waals surface area contributed by atoms with Crippen LogP contribution in [0, 0.1) is 5.92 Å². The van der Waals surface area contributed by atoms with Crippen molar-refractivity contribution in [3.05, 3.63) is 0 Å². The van der Waals surface area contributed by atoms with Crippen molar-refractivity contribution < 1.29 is 19.7 Å². The largest absolute Gasteiger partial charge is 0.444 e. The number of nitrogens with zero attached hydrogens (tertiary/aromatic N) is 1. The number of hydrogen-bond donors (Lipinski definition) is 2. The summed E-state index contributed by atoms with van der Waals surface area (Å²) < 4.78 is 5.49. The number of carbonyl (C=O) groups is 1. The summed E-state index contributed by atoms with van der Waals surface area (Å²) in [5.74, 6) is 0.647. The molecular weight excluding hydrogens is 466 g/mol. The highest BCUT2D eigenvalue weighted by atomic mass is 32.1. The van der Waals surface area contributed by atoms with E-state index in [4.69, 9.17) is 4.74 Å². The molecule has 204 valence electrons. The second-order valence-corrected chi connectivity index (χ2v) is 11.6. The zero-order valence-corrected chi connectivity index (χ0v) is 23.3. The first-order valence-corrected chi connectivity index (χ1v) is 13.1. The van der Waals surface area contributed by atoms with Gasteiger partial charge in [0.1, 0.15) is 5.60 Å². The predicted octanol–water partition coefficient (Wildman–Crippen LogP) is 6.81. The Morgan fingerprint density at radius 1 is 0.765 bits per heavy atom. The highest BCUT2D eigenvalue weighted by molar-refractivity contribution is 7.59. The lowest BCUT2D eigenvalue weighted by molar-refractivity contribution is -0.0648. The molecule has 4 fully saturated rings. The molecule has 0 bridgehead atoms. The van der Waals surface area contributed by atoms with Crippen LogP contribution < -0.4 is 0 Å². The summed E-state index contributed by atoms with van der Waals surface area (Å²) in [6, 6.07) is -0.0569. The van der Waals surface area contributed by atoms with E-state index in [0.29, 0.717) is 12.5 Å². The smallest absolute Gasteiger partial charge is 0.410 e. The number of hydrogen-bond acceptors (Lipinski definition) is 4. The van der Waals surface area contributed by atoms with Gasteiger partial charge in [-0.2, -0.15) is 27.0 Å². The first-order valence-electron chi connectivity index (χ1n) is 13.1. The molecule has 1 atom stereocenters. The molecule has 1 amide bonds. The number of ether oxygens (including phenoxy) is 1. The van der Waals surface area contributed by atoms with E-state index in [9.17, 15) is 15.0 Å². The monoisotopic (exact) mass is 521 g/mol. The summed E-state index contributed by atoms with van der Waals surface area (Å²) in [5.41, 5.74) is -1.39. The zero-order valence-electron chi connectivity index (χ0n) is 21.3. The molecule has 7 heteroatoms. The highest BCUT2D eigenvalue weighted by Gasteiger charge is 2.45. The fourth-order valence-corrected chi connectivity index (χ4v) is 6.39. The van der Waals surface area contributed by atoms with Crippen LogP contribution in [-0.2, 0) is 4.74 Å². The van der Waals surface area contributed by atoms with E-state index in [-0.39, 0.29) is 52.2 Å². The fourth-order valence-electron chi connectivity index (χ4n) is 6.39. The molecule has 3 aliphatic carbocycles. The maximum Gasteiger partial charge on any atom is 0.410 e. The predicted molar refractivity (Wildman–Crippen MR) is 151 cm³/mol. The lowest BCUT2D eigenvalue weighted by Gasteiger charge is -2.44. The molecule has 4 aliphatic rings. The maximum absolute atomic E-state index is 12.3. The minimum Gasteiger partial charge on any atom is -0.444 e. The van der Waals surface area contributed by atoms with Crippen molar-refractivity contribution in [1.82, 2.24) is 4.90 Å². The van der Waals surface area contributed by atoms with Crippen LogP contribution in [0.2, 0.25) is 0 Å². The van der Waals surface area contributed by atoms with Crippen LogP contribution in [0.15, 0.2) is 0 Å². The van der Waals surface area contributed by atoms with Gasteiger partial charge in [0.05, 0.1) is 17.2 Å². The molecule has 34 heavy (non-hydrogen) atoms. The lowest BCUT2D eigenvalue weighted by Crippen LogP contribution is -2.56. The average Bonchev–Trinajstić information content (AvgIpc) is 3.38. The third-order valence-corrected chi connectivity index (χ3v) is 8.05. The van der Waals surface area contributed by atoms with Crippen molar-refractivity contribution in [2.24, 2.45) is 5.92 Å². The second-order valence-electron chi connectivity index (χ2n) is 11.6. The van der Waals surface area contributed by atoms with Gasteiger partial charge in [-0.3, -0.25) is 0 Å². The van der Waals surface area contributed by atoms with Gasteiger partial charge in [-0.25, -0.2) is 4.79 Å². The molecule has 0 radical (unpaired) electrons. The van der Waals surface area contributed by atoms with Gasteiger partial charge in [0.25, 0.3) is 0 Å². The SMILES string of the molecule is C.CC(C)(C)OC(=O)N1CCCC[C@H]1C1(O)CCCC1.OC1(C2CCCCC2)CCCC1.S.S. The summed E-state index contributed by atoms with van der Waals surface area (Å²) in [5, 5.41) is 21.1. The Morgan fingerprint density at radius 2 is 1.24 bits per heavy atom. The van der Waals surface area contributed by atoms with Gasteiger partial charge < -0.3 is 19.8 Å². The number of amides is 1. The Bertz CT molecular complexity index is 578. The van der Waals surface area contributed by atoms with Crippen molar-refractivity contribution in [3.8, 4) is 0 Å². The first kappa shape index (κ1) is 33.9. The average molecular weight is 522 g/mol. The summed E-state index contributed by atoms with van der Waals surface area (Å²) in [4.78, 5) is 14.1. The van der Waals surface area contributed by atoms with Crippen molar-refractivity contribution in [1.29, 1.82) is 0 Å². The third kappa shape index (κ3) is 9.08. The standard InChI is InChI=1S/C15H27NO3.C11H20O.CH4.2H2S/c1-14(2,3)19-13(17)16-11-7-4-8-12(16)15(18)9-5-6-10-15;12-11(8-4-5-9-11)10-6-2-1-3-7-10;;;/h12,18H,4-11H2,1-3H3;10,12H,1-9H2;1H4;2*1H2/t12-;;;;/m0..../s1. The number of likely N-dealkylation sites (tertiary alicyclic amines) is 1. The molecule has 0 aromatic heterocycles. The van der Waals surface area contributed by atoms with Gasteiger partial charge >= 0.3 is 6.09 Å². The minimum absolute atomic E-state index is 0. The molecule has 1 aliphatic heterocycles. The molecule has 2 N–H and O–H groups in total. The van der Waals surface area contributed by atoms with E-state index in [1.807, 2.05) is 20.8 Å². The van der Waals surface area contributed by atoms with Crippen molar-refractivity contribution in [2.45, 2.75) is 154 Å². The van der Waals surface area contributed by atoms with Crippen molar-refractivity contribution >= 4 is 33.1 Å². The van der Waals surface area contributed by atoms with Gasteiger partial charge in [0.2, 0.25) is 0 Å². The number of piperidine rings is 1. The fraction of sp³-hybridized carbons (Fsp3) is 0.963. The quantitative estimate of drug-likeness (QED) is 0.418. The normalized spacial score (nSPS) is 26.1. The molecule has 0 aromatic carbocycles. The van der Waals surface area contributed by atoms with E-state index < -0.39 is 11.2 Å².